The largest absolute Gasteiger partial charge is 0.387 e. The van der Waals surface area contributed by atoms with E-state index in [1.807, 2.05) is 0 Å². The van der Waals surface area contributed by atoms with Gasteiger partial charge in [0.2, 0.25) is 5.78 Å². The zero-order chi connectivity index (χ0) is 16.7. The van der Waals surface area contributed by atoms with Crippen LogP contribution in [0.4, 0.5) is 5.69 Å². The Morgan fingerprint density at radius 3 is 2.36 bits per heavy atom. The highest BCUT2D eigenvalue weighted by molar-refractivity contribution is 7.90. The minimum atomic E-state index is -3.43. The Kier molecular flexibility index (Phi) is 3.97. The van der Waals surface area contributed by atoms with E-state index in [1.54, 1.807) is 14.0 Å². The average Bonchev–Trinajstić information content (AvgIpc) is 2.77. The fourth-order valence-corrected chi connectivity index (χ4v) is 3.26. The van der Waals surface area contributed by atoms with Gasteiger partial charge in [0.15, 0.2) is 9.84 Å². The van der Waals surface area contributed by atoms with Crippen LogP contribution >= 0.6 is 0 Å². The lowest BCUT2D eigenvalue weighted by Gasteiger charge is -2.14. The molecule has 0 radical (unpaired) electrons. The molecule has 2 aromatic rings. The van der Waals surface area contributed by atoms with Gasteiger partial charge in [-0.05, 0) is 24.6 Å². The molecule has 2 rings (SSSR count). The molecular formula is C14H17N3O4S. The number of anilines is 1. The molecule has 0 aliphatic heterocycles. The average molecular weight is 323 g/mol. The molecule has 0 spiro atoms. The van der Waals surface area contributed by atoms with Crippen LogP contribution in [0.5, 0.6) is 0 Å². The molecule has 0 bridgehead atoms. The Morgan fingerprint density at radius 1 is 1.27 bits per heavy atom. The molecule has 7 nitrogen and oxygen atoms in total. The lowest BCUT2D eigenvalue weighted by atomic mass is 9.99. The Balaban J connectivity index is 2.66. The number of aryl methyl sites for hydroxylation is 1. The summed E-state index contributed by atoms with van der Waals surface area (Å²) in [6, 6.07) is 2.81. The summed E-state index contributed by atoms with van der Waals surface area (Å²) in [5, 5.41) is 5.46. The standard InChI is InChI=1S/C14H17N3O4S/c1-8-9(13(18)10-7-16-17(3)14(10)19)5-6-11(12(8)15-2)22(4,20)21/h5-7,15-16H,1-4H3. The minimum Gasteiger partial charge on any atom is -0.387 e. The molecule has 8 heteroatoms. The Hall–Kier alpha value is -2.35. The third-order valence-corrected chi connectivity index (χ3v) is 4.64. The van der Waals surface area contributed by atoms with Crippen molar-refractivity contribution in [3.8, 4) is 0 Å². The molecule has 118 valence electrons. The molecule has 1 aromatic heterocycles. The first-order valence-corrected chi connectivity index (χ1v) is 8.38. The van der Waals surface area contributed by atoms with Gasteiger partial charge in [0.05, 0.1) is 10.6 Å². The van der Waals surface area contributed by atoms with Gasteiger partial charge < -0.3 is 10.4 Å². The van der Waals surface area contributed by atoms with Gasteiger partial charge in [-0.3, -0.25) is 14.3 Å². The molecule has 0 aliphatic rings. The highest BCUT2D eigenvalue weighted by Crippen LogP contribution is 2.28. The summed E-state index contributed by atoms with van der Waals surface area (Å²) in [6.45, 7) is 1.64. The molecule has 2 N–H and O–H groups in total. The SMILES string of the molecule is CNc1c(S(C)(=O)=O)ccc(C(=O)c2c[nH]n(C)c2=O)c1C. The minimum absolute atomic E-state index is 0.0137. The summed E-state index contributed by atoms with van der Waals surface area (Å²) in [6.07, 6.45) is 2.44. The number of H-pyrrole nitrogens is 1. The Morgan fingerprint density at radius 2 is 1.91 bits per heavy atom. The number of rotatable bonds is 4. The second-order valence-electron chi connectivity index (χ2n) is 5.01. The van der Waals surface area contributed by atoms with Gasteiger partial charge in [0, 0.05) is 32.1 Å². The summed E-state index contributed by atoms with van der Waals surface area (Å²) >= 11 is 0. The van der Waals surface area contributed by atoms with E-state index in [0.29, 0.717) is 11.3 Å². The summed E-state index contributed by atoms with van der Waals surface area (Å²) in [5.41, 5.74) is 0.718. The topological polar surface area (TPSA) is 101 Å². The first-order valence-electron chi connectivity index (χ1n) is 6.49. The lowest BCUT2D eigenvalue weighted by molar-refractivity contribution is 0.103. The van der Waals surface area contributed by atoms with Gasteiger partial charge in [0.25, 0.3) is 5.56 Å². The fraction of sp³-hybridized carbons (Fsp3) is 0.286. The van der Waals surface area contributed by atoms with Crippen LogP contribution in [0.3, 0.4) is 0 Å². The summed E-state index contributed by atoms with van der Waals surface area (Å²) < 4.78 is 24.8. The van der Waals surface area contributed by atoms with Crippen LogP contribution in [-0.4, -0.2) is 37.3 Å². The van der Waals surface area contributed by atoms with Crippen molar-refractivity contribution >= 4 is 21.3 Å². The Labute approximate surface area is 127 Å². The van der Waals surface area contributed by atoms with Gasteiger partial charge in [-0.2, -0.15) is 0 Å². The maximum Gasteiger partial charge on any atom is 0.277 e. The number of carbonyl (C=O) groups is 1. The second-order valence-corrected chi connectivity index (χ2v) is 7.00. The van der Waals surface area contributed by atoms with Crippen molar-refractivity contribution in [2.45, 2.75) is 11.8 Å². The van der Waals surface area contributed by atoms with E-state index in [1.165, 1.54) is 30.1 Å². The maximum atomic E-state index is 12.5. The lowest BCUT2D eigenvalue weighted by Crippen LogP contribution is -2.20. The van der Waals surface area contributed by atoms with Gasteiger partial charge in [-0.25, -0.2) is 8.42 Å². The van der Waals surface area contributed by atoms with Crippen LogP contribution in [-0.2, 0) is 16.9 Å². The smallest absolute Gasteiger partial charge is 0.277 e. The van der Waals surface area contributed by atoms with Gasteiger partial charge >= 0.3 is 0 Å². The number of carbonyl (C=O) groups excluding carboxylic acids is 1. The molecule has 0 saturated carbocycles. The molecule has 1 aromatic carbocycles. The van der Waals surface area contributed by atoms with Crippen LogP contribution in [0.15, 0.2) is 28.0 Å². The van der Waals surface area contributed by atoms with Crippen LogP contribution in [0, 0.1) is 6.92 Å². The fourth-order valence-electron chi connectivity index (χ4n) is 2.32. The molecule has 0 atom stereocenters. The van der Waals surface area contributed by atoms with Crippen molar-refractivity contribution in [3.63, 3.8) is 0 Å². The highest BCUT2D eigenvalue weighted by atomic mass is 32.2. The molecule has 0 unspecified atom stereocenters. The third kappa shape index (κ3) is 2.57. The summed E-state index contributed by atoms with van der Waals surface area (Å²) in [4.78, 5) is 24.5. The molecule has 0 aliphatic carbocycles. The van der Waals surface area contributed by atoms with Crippen molar-refractivity contribution in [3.05, 3.63) is 45.4 Å². The van der Waals surface area contributed by atoms with Gasteiger partial charge in [0.1, 0.15) is 5.56 Å². The van der Waals surface area contributed by atoms with Crippen LogP contribution in [0.1, 0.15) is 21.5 Å². The third-order valence-electron chi connectivity index (χ3n) is 3.50. The number of sulfone groups is 1. The van der Waals surface area contributed by atoms with Crippen molar-refractivity contribution < 1.29 is 13.2 Å². The van der Waals surface area contributed by atoms with Crippen molar-refractivity contribution in [2.24, 2.45) is 7.05 Å². The predicted octanol–water partition coefficient (Wildman–Crippen LogP) is 0.698. The number of benzene rings is 1. The van der Waals surface area contributed by atoms with E-state index < -0.39 is 21.2 Å². The van der Waals surface area contributed by atoms with E-state index in [4.69, 9.17) is 0 Å². The van der Waals surface area contributed by atoms with Gasteiger partial charge in [-0.1, -0.05) is 0 Å². The molecule has 1 heterocycles. The van der Waals surface area contributed by atoms with E-state index in [2.05, 4.69) is 10.4 Å². The van der Waals surface area contributed by atoms with Crippen molar-refractivity contribution in [1.29, 1.82) is 0 Å². The number of aromatic amines is 1. The van der Waals surface area contributed by atoms with Crippen molar-refractivity contribution in [1.82, 2.24) is 9.78 Å². The van der Waals surface area contributed by atoms with E-state index in [0.717, 1.165) is 6.26 Å². The maximum absolute atomic E-state index is 12.5. The second kappa shape index (κ2) is 5.45. The number of ketones is 1. The Bertz CT molecular complexity index is 907. The van der Waals surface area contributed by atoms with E-state index in [9.17, 15) is 18.0 Å². The predicted molar refractivity (Wildman–Crippen MR) is 83.3 cm³/mol. The van der Waals surface area contributed by atoms with E-state index >= 15 is 0 Å². The van der Waals surface area contributed by atoms with Crippen molar-refractivity contribution in [2.75, 3.05) is 18.6 Å². The zero-order valence-electron chi connectivity index (χ0n) is 12.7. The number of hydrogen-bond acceptors (Lipinski definition) is 5. The number of nitrogens with zero attached hydrogens (tertiary/aromatic N) is 1. The number of aromatic nitrogens is 2. The molecule has 0 amide bonds. The first kappa shape index (κ1) is 16.0. The molecular weight excluding hydrogens is 306 g/mol. The van der Waals surface area contributed by atoms with Crippen LogP contribution in [0.25, 0.3) is 0 Å². The summed E-state index contributed by atoms with van der Waals surface area (Å²) in [5.74, 6) is -0.448. The number of nitrogens with one attached hydrogen (secondary N) is 2. The van der Waals surface area contributed by atoms with Crippen LogP contribution < -0.4 is 10.9 Å². The number of hydrogen-bond donors (Lipinski definition) is 2. The molecule has 22 heavy (non-hydrogen) atoms. The molecule has 0 fully saturated rings. The zero-order valence-corrected chi connectivity index (χ0v) is 13.5. The monoisotopic (exact) mass is 323 g/mol. The normalized spacial score (nSPS) is 11.5. The quantitative estimate of drug-likeness (QED) is 0.807. The highest BCUT2D eigenvalue weighted by Gasteiger charge is 2.22. The van der Waals surface area contributed by atoms with Crippen LogP contribution in [0.2, 0.25) is 0 Å². The molecule has 0 saturated heterocycles. The first-order chi connectivity index (χ1) is 10.2. The summed E-state index contributed by atoms with van der Waals surface area (Å²) in [7, 11) is -0.329. The van der Waals surface area contributed by atoms with E-state index in [-0.39, 0.29) is 16.0 Å². The van der Waals surface area contributed by atoms with Gasteiger partial charge in [-0.15, -0.1) is 0 Å².